The molecule has 0 spiro atoms. The molecule has 0 aromatic rings. The minimum atomic E-state index is -0.743. The van der Waals surface area contributed by atoms with Crippen LogP contribution in [0.5, 0.6) is 0 Å². The summed E-state index contributed by atoms with van der Waals surface area (Å²) in [6.45, 7) is 9.24. The first-order valence-electron chi connectivity index (χ1n) is 8.02. The zero-order valence-corrected chi connectivity index (χ0v) is 14.4. The van der Waals surface area contributed by atoms with E-state index in [0.717, 1.165) is 0 Å². The molecule has 1 atom stereocenters. The predicted molar refractivity (Wildman–Crippen MR) is 87.6 cm³/mol. The SMILES string of the molecule is CCCC[P](CCCC)(CCCC)CC(C)OC. The molecule has 0 saturated heterocycles. The van der Waals surface area contributed by atoms with Gasteiger partial charge in [0, 0.05) is 7.11 Å². The number of unbranched alkanes of at least 4 members (excludes halogenated alkanes) is 3. The van der Waals surface area contributed by atoms with Crippen LogP contribution < -0.4 is 0 Å². The highest BCUT2D eigenvalue weighted by Crippen LogP contribution is 2.61. The molecule has 0 saturated carbocycles. The lowest BCUT2D eigenvalue weighted by Gasteiger charge is -2.39. The van der Waals surface area contributed by atoms with Gasteiger partial charge in [0.2, 0.25) is 0 Å². The van der Waals surface area contributed by atoms with Crippen LogP contribution in [0, 0.1) is 0 Å². The summed E-state index contributed by atoms with van der Waals surface area (Å²) in [6.07, 6.45) is 14.7. The molecule has 1 nitrogen and oxygen atoms in total. The van der Waals surface area contributed by atoms with Crippen molar-refractivity contribution in [3.05, 3.63) is 0 Å². The molecule has 111 valence electrons. The van der Waals surface area contributed by atoms with Crippen molar-refractivity contribution in [1.82, 2.24) is 0 Å². The summed E-state index contributed by atoms with van der Waals surface area (Å²) in [7, 11) is 1.13. The third-order valence-electron chi connectivity index (χ3n) is 4.00. The minimum Gasteiger partial charge on any atom is -0.381 e. The maximum absolute atomic E-state index is 5.57. The highest BCUT2D eigenvalue weighted by molar-refractivity contribution is 7.75. The van der Waals surface area contributed by atoms with Crippen molar-refractivity contribution in [1.29, 1.82) is 0 Å². The number of methoxy groups -OCH3 is 1. The quantitative estimate of drug-likeness (QED) is 0.431. The van der Waals surface area contributed by atoms with Gasteiger partial charge in [-0.2, -0.15) is 0 Å². The van der Waals surface area contributed by atoms with Crippen molar-refractivity contribution in [3.63, 3.8) is 0 Å². The van der Waals surface area contributed by atoms with Gasteiger partial charge in [-0.05, 0) is 50.8 Å². The number of rotatable bonds is 12. The van der Waals surface area contributed by atoms with Crippen LogP contribution in [0.25, 0.3) is 0 Å². The van der Waals surface area contributed by atoms with E-state index in [-0.39, 0.29) is 0 Å². The molecule has 0 aromatic heterocycles. The number of hydrogen-bond acceptors (Lipinski definition) is 1. The molecule has 1 unspecified atom stereocenters. The minimum absolute atomic E-state index is 0.462. The summed E-state index contributed by atoms with van der Waals surface area (Å²) < 4.78 is 5.57. The molecule has 1 radical (unpaired) electrons. The molecule has 0 amide bonds. The Morgan fingerprint density at radius 2 is 1.22 bits per heavy atom. The van der Waals surface area contributed by atoms with Gasteiger partial charge in [0.25, 0.3) is 0 Å². The van der Waals surface area contributed by atoms with E-state index in [2.05, 4.69) is 27.7 Å². The molecular weight excluding hydrogens is 239 g/mol. The lowest BCUT2D eigenvalue weighted by atomic mass is 10.4. The summed E-state index contributed by atoms with van der Waals surface area (Å²) in [5.41, 5.74) is 0. The summed E-state index contributed by atoms with van der Waals surface area (Å²) in [4.78, 5) is 0. The highest BCUT2D eigenvalue weighted by atomic mass is 31.2. The average Bonchev–Trinajstić information content (AvgIpc) is 2.40. The fourth-order valence-corrected chi connectivity index (χ4v) is 8.13. The van der Waals surface area contributed by atoms with E-state index in [1.165, 1.54) is 63.2 Å². The van der Waals surface area contributed by atoms with Crippen LogP contribution >= 0.6 is 7.26 Å². The van der Waals surface area contributed by atoms with Gasteiger partial charge < -0.3 is 4.74 Å². The summed E-state index contributed by atoms with van der Waals surface area (Å²) in [5, 5.41) is 0. The largest absolute Gasteiger partial charge is 0.381 e. The standard InChI is InChI=1S/C16H36OP/c1-6-9-12-18(13-10-7-2,14-11-8-3)15-16(4)17-5/h16H,6-15H2,1-5H3. The topological polar surface area (TPSA) is 9.23 Å². The van der Waals surface area contributed by atoms with Crippen LogP contribution in [0.3, 0.4) is 0 Å². The van der Waals surface area contributed by atoms with Crippen molar-refractivity contribution in [2.75, 3.05) is 31.8 Å². The Morgan fingerprint density at radius 3 is 1.50 bits per heavy atom. The molecule has 0 aliphatic heterocycles. The van der Waals surface area contributed by atoms with Crippen LogP contribution in [0.4, 0.5) is 0 Å². The second-order valence-electron chi connectivity index (χ2n) is 5.80. The fourth-order valence-electron chi connectivity index (χ4n) is 2.71. The number of ether oxygens (including phenoxy) is 1. The smallest absolute Gasteiger partial charge is 0.0579 e. The fraction of sp³-hybridized carbons (Fsp3) is 1.00. The first-order valence-corrected chi connectivity index (χ1v) is 10.5. The van der Waals surface area contributed by atoms with E-state index in [9.17, 15) is 0 Å². The third kappa shape index (κ3) is 7.74. The zero-order valence-electron chi connectivity index (χ0n) is 13.5. The molecule has 18 heavy (non-hydrogen) atoms. The molecule has 0 N–H and O–H groups in total. The first-order chi connectivity index (χ1) is 8.64. The molecule has 0 aliphatic rings. The lowest BCUT2D eigenvalue weighted by Crippen LogP contribution is -2.21. The van der Waals surface area contributed by atoms with Crippen molar-refractivity contribution < 1.29 is 4.74 Å². The van der Waals surface area contributed by atoms with Gasteiger partial charge >= 0.3 is 0 Å². The molecule has 2 heteroatoms. The van der Waals surface area contributed by atoms with E-state index < -0.39 is 7.26 Å². The van der Waals surface area contributed by atoms with Gasteiger partial charge in [-0.3, -0.25) is 0 Å². The molecule has 0 fully saturated rings. The molecular formula is C16H36OP. The lowest BCUT2D eigenvalue weighted by molar-refractivity contribution is 0.136. The van der Waals surface area contributed by atoms with Gasteiger partial charge in [-0.25, -0.2) is 0 Å². The second kappa shape index (κ2) is 11.2. The molecule has 0 rings (SSSR count). The van der Waals surface area contributed by atoms with Crippen LogP contribution in [-0.4, -0.2) is 37.9 Å². The molecule has 0 aliphatic carbocycles. The zero-order chi connectivity index (χ0) is 13.9. The molecule has 0 heterocycles. The van der Waals surface area contributed by atoms with Crippen LogP contribution in [0.2, 0.25) is 0 Å². The summed E-state index contributed by atoms with van der Waals surface area (Å²) in [5.74, 6) is 0. The normalized spacial score (nSPS) is 13.8. The average molecular weight is 275 g/mol. The van der Waals surface area contributed by atoms with E-state index in [4.69, 9.17) is 4.74 Å². The Bertz CT molecular complexity index is 160. The van der Waals surface area contributed by atoms with Gasteiger partial charge in [0.05, 0.1) is 6.10 Å². The Labute approximate surface area is 116 Å². The van der Waals surface area contributed by atoms with Crippen molar-refractivity contribution in [2.45, 2.75) is 72.3 Å². The maximum atomic E-state index is 5.57. The van der Waals surface area contributed by atoms with E-state index >= 15 is 0 Å². The summed E-state index contributed by atoms with van der Waals surface area (Å²) >= 11 is 0. The van der Waals surface area contributed by atoms with E-state index in [1.807, 2.05) is 7.11 Å². The summed E-state index contributed by atoms with van der Waals surface area (Å²) in [6, 6.07) is 0. The highest BCUT2D eigenvalue weighted by Gasteiger charge is 2.27. The Balaban J connectivity index is 4.61. The predicted octanol–water partition coefficient (Wildman–Crippen LogP) is 5.44. The van der Waals surface area contributed by atoms with Crippen LogP contribution in [0.1, 0.15) is 66.2 Å². The Hall–Kier alpha value is 0.390. The van der Waals surface area contributed by atoms with Crippen LogP contribution in [0.15, 0.2) is 0 Å². The van der Waals surface area contributed by atoms with Crippen molar-refractivity contribution in [3.8, 4) is 0 Å². The maximum Gasteiger partial charge on any atom is 0.0579 e. The van der Waals surface area contributed by atoms with Gasteiger partial charge in [-0.1, -0.05) is 40.0 Å². The Kier molecular flexibility index (Phi) is 11.5. The molecule has 0 bridgehead atoms. The van der Waals surface area contributed by atoms with Gasteiger partial charge in [-0.15, -0.1) is 7.26 Å². The second-order valence-corrected chi connectivity index (χ2v) is 10.2. The first kappa shape index (κ1) is 18.4. The van der Waals surface area contributed by atoms with Crippen LogP contribution in [-0.2, 0) is 4.74 Å². The number of hydrogen-bond donors (Lipinski definition) is 0. The molecule has 0 aromatic carbocycles. The van der Waals surface area contributed by atoms with Gasteiger partial charge in [0.1, 0.15) is 0 Å². The third-order valence-corrected chi connectivity index (χ3v) is 9.09. The van der Waals surface area contributed by atoms with E-state index in [0.29, 0.717) is 6.10 Å². The Morgan fingerprint density at radius 1 is 0.833 bits per heavy atom. The van der Waals surface area contributed by atoms with Gasteiger partial charge in [0.15, 0.2) is 0 Å². The van der Waals surface area contributed by atoms with Crippen molar-refractivity contribution in [2.24, 2.45) is 0 Å². The van der Waals surface area contributed by atoms with E-state index in [1.54, 1.807) is 0 Å². The van der Waals surface area contributed by atoms with Crippen molar-refractivity contribution >= 4 is 7.26 Å². The monoisotopic (exact) mass is 275 g/mol.